The SMILES string of the molecule is CCNCc1cccc(NC(=O)c2cnn(-c3ccccn3)c2CC)c1. The van der Waals surface area contributed by atoms with Gasteiger partial charge in [-0.2, -0.15) is 5.10 Å². The van der Waals surface area contributed by atoms with Crippen LogP contribution in [0.15, 0.2) is 54.9 Å². The van der Waals surface area contributed by atoms with Gasteiger partial charge >= 0.3 is 0 Å². The summed E-state index contributed by atoms with van der Waals surface area (Å²) in [6.07, 6.45) is 4.00. The van der Waals surface area contributed by atoms with E-state index in [0.29, 0.717) is 17.8 Å². The Labute approximate surface area is 153 Å². The van der Waals surface area contributed by atoms with Crippen LogP contribution in [0.4, 0.5) is 5.69 Å². The molecule has 0 radical (unpaired) electrons. The summed E-state index contributed by atoms with van der Waals surface area (Å²) in [7, 11) is 0. The summed E-state index contributed by atoms with van der Waals surface area (Å²) in [5.41, 5.74) is 3.31. The second-order valence-electron chi connectivity index (χ2n) is 5.89. The van der Waals surface area contributed by atoms with Gasteiger partial charge in [-0.15, -0.1) is 0 Å². The van der Waals surface area contributed by atoms with Crippen LogP contribution in [0, 0.1) is 0 Å². The fourth-order valence-electron chi connectivity index (χ4n) is 2.81. The summed E-state index contributed by atoms with van der Waals surface area (Å²) in [6, 6.07) is 13.5. The minimum atomic E-state index is -0.162. The van der Waals surface area contributed by atoms with Crippen LogP contribution in [-0.2, 0) is 13.0 Å². The number of nitrogens with one attached hydrogen (secondary N) is 2. The van der Waals surface area contributed by atoms with Gasteiger partial charge in [-0.05, 0) is 42.8 Å². The number of anilines is 1. The summed E-state index contributed by atoms with van der Waals surface area (Å²) in [5.74, 6) is 0.542. The molecule has 6 heteroatoms. The van der Waals surface area contributed by atoms with E-state index in [-0.39, 0.29) is 5.91 Å². The largest absolute Gasteiger partial charge is 0.322 e. The first-order chi connectivity index (χ1) is 12.7. The zero-order valence-corrected chi connectivity index (χ0v) is 15.1. The third kappa shape index (κ3) is 3.97. The number of hydrogen-bond acceptors (Lipinski definition) is 4. The van der Waals surface area contributed by atoms with Crippen molar-refractivity contribution in [2.75, 3.05) is 11.9 Å². The Morgan fingerprint density at radius 1 is 1.15 bits per heavy atom. The number of amides is 1. The van der Waals surface area contributed by atoms with E-state index in [1.807, 2.05) is 49.4 Å². The molecule has 0 aliphatic carbocycles. The van der Waals surface area contributed by atoms with Gasteiger partial charge in [0.2, 0.25) is 0 Å². The van der Waals surface area contributed by atoms with Crippen molar-refractivity contribution in [3.63, 3.8) is 0 Å². The summed E-state index contributed by atoms with van der Waals surface area (Å²) in [4.78, 5) is 17.1. The van der Waals surface area contributed by atoms with Crippen LogP contribution < -0.4 is 10.6 Å². The second-order valence-corrected chi connectivity index (χ2v) is 5.89. The lowest BCUT2D eigenvalue weighted by atomic mass is 10.1. The first-order valence-electron chi connectivity index (χ1n) is 8.82. The Balaban J connectivity index is 1.81. The zero-order valence-electron chi connectivity index (χ0n) is 15.1. The van der Waals surface area contributed by atoms with E-state index in [9.17, 15) is 4.79 Å². The fourth-order valence-corrected chi connectivity index (χ4v) is 2.81. The molecule has 0 aliphatic heterocycles. The molecule has 1 amide bonds. The van der Waals surface area contributed by atoms with Gasteiger partial charge in [0.05, 0.1) is 17.5 Å². The van der Waals surface area contributed by atoms with Gasteiger partial charge in [-0.1, -0.05) is 32.0 Å². The van der Waals surface area contributed by atoms with Crippen molar-refractivity contribution in [1.29, 1.82) is 0 Å². The Bertz CT molecular complexity index is 873. The first-order valence-corrected chi connectivity index (χ1v) is 8.82. The topological polar surface area (TPSA) is 71.8 Å². The minimum Gasteiger partial charge on any atom is -0.322 e. The van der Waals surface area contributed by atoms with E-state index in [1.54, 1.807) is 17.1 Å². The molecule has 0 aliphatic rings. The third-order valence-electron chi connectivity index (χ3n) is 4.08. The predicted octanol–water partition coefficient (Wildman–Crippen LogP) is 3.19. The van der Waals surface area contributed by atoms with Gasteiger partial charge in [0.25, 0.3) is 5.91 Å². The molecule has 6 nitrogen and oxygen atoms in total. The number of aromatic nitrogens is 3. The highest BCUT2D eigenvalue weighted by Crippen LogP contribution is 2.17. The van der Waals surface area contributed by atoms with Crippen LogP contribution in [0.2, 0.25) is 0 Å². The second kappa shape index (κ2) is 8.40. The van der Waals surface area contributed by atoms with Crippen molar-refractivity contribution >= 4 is 11.6 Å². The first kappa shape index (κ1) is 17.8. The van der Waals surface area contributed by atoms with Crippen LogP contribution in [0.3, 0.4) is 0 Å². The highest BCUT2D eigenvalue weighted by atomic mass is 16.1. The van der Waals surface area contributed by atoms with Crippen LogP contribution in [0.25, 0.3) is 5.82 Å². The van der Waals surface area contributed by atoms with Gasteiger partial charge in [-0.25, -0.2) is 9.67 Å². The highest BCUT2D eigenvalue weighted by molar-refractivity contribution is 6.05. The van der Waals surface area contributed by atoms with Crippen molar-refractivity contribution in [1.82, 2.24) is 20.1 Å². The summed E-state index contributed by atoms with van der Waals surface area (Å²) >= 11 is 0. The molecule has 3 aromatic rings. The number of benzene rings is 1. The molecule has 3 rings (SSSR count). The lowest BCUT2D eigenvalue weighted by molar-refractivity contribution is 0.102. The third-order valence-corrected chi connectivity index (χ3v) is 4.08. The van der Waals surface area contributed by atoms with Crippen LogP contribution >= 0.6 is 0 Å². The van der Waals surface area contributed by atoms with Crippen LogP contribution in [0.5, 0.6) is 0 Å². The van der Waals surface area contributed by atoms with Crippen molar-refractivity contribution in [3.05, 3.63) is 71.7 Å². The van der Waals surface area contributed by atoms with E-state index >= 15 is 0 Å². The zero-order chi connectivity index (χ0) is 18.4. The van der Waals surface area contributed by atoms with E-state index in [0.717, 1.165) is 30.0 Å². The number of carbonyl (C=O) groups is 1. The molecule has 2 aromatic heterocycles. The Kier molecular flexibility index (Phi) is 5.76. The minimum absolute atomic E-state index is 0.162. The number of hydrogen-bond donors (Lipinski definition) is 2. The molecule has 26 heavy (non-hydrogen) atoms. The quantitative estimate of drug-likeness (QED) is 0.687. The predicted molar refractivity (Wildman–Crippen MR) is 103 cm³/mol. The lowest BCUT2D eigenvalue weighted by Gasteiger charge is -2.09. The number of carbonyl (C=O) groups excluding carboxylic acids is 1. The molecule has 2 N–H and O–H groups in total. The average molecular weight is 349 g/mol. The van der Waals surface area contributed by atoms with Crippen molar-refractivity contribution < 1.29 is 4.79 Å². The molecule has 2 heterocycles. The molecular weight excluding hydrogens is 326 g/mol. The standard InChI is InChI=1S/C20H23N5O/c1-3-18-17(14-23-25(18)19-10-5-6-11-22-19)20(26)24-16-9-7-8-15(12-16)13-21-4-2/h5-12,14,21H,3-4,13H2,1-2H3,(H,24,26). The number of nitrogens with zero attached hydrogens (tertiary/aromatic N) is 3. The van der Waals surface area contributed by atoms with Crippen molar-refractivity contribution in [2.45, 2.75) is 26.8 Å². The van der Waals surface area contributed by atoms with Gasteiger partial charge in [0.15, 0.2) is 5.82 Å². The fraction of sp³-hybridized carbons (Fsp3) is 0.250. The number of rotatable bonds is 7. The van der Waals surface area contributed by atoms with E-state index < -0.39 is 0 Å². The smallest absolute Gasteiger partial charge is 0.259 e. The lowest BCUT2D eigenvalue weighted by Crippen LogP contribution is -2.15. The highest BCUT2D eigenvalue weighted by Gasteiger charge is 2.17. The van der Waals surface area contributed by atoms with Crippen molar-refractivity contribution in [3.8, 4) is 5.82 Å². The molecule has 1 aromatic carbocycles. The van der Waals surface area contributed by atoms with Crippen LogP contribution in [-0.4, -0.2) is 27.2 Å². The van der Waals surface area contributed by atoms with Gasteiger partial charge in [0.1, 0.15) is 0 Å². The summed E-state index contributed by atoms with van der Waals surface area (Å²) in [6.45, 7) is 5.75. The van der Waals surface area contributed by atoms with Gasteiger partial charge in [-0.3, -0.25) is 4.79 Å². The summed E-state index contributed by atoms with van der Waals surface area (Å²) in [5, 5.41) is 10.6. The molecular formula is C20H23N5O. The molecule has 0 saturated carbocycles. The average Bonchev–Trinajstić information content (AvgIpc) is 3.11. The molecule has 0 bridgehead atoms. The van der Waals surface area contributed by atoms with Gasteiger partial charge < -0.3 is 10.6 Å². The maximum atomic E-state index is 12.8. The maximum absolute atomic E-state index is 12.8. The molecule has 0 unspecified atom stereocenters. The van der Waals surface area contributed by atoms with E-state index in [2.05, 4.69) is 27.6 Å². The maximum Gasteiger partial charge on any atom is 0.259 e. The van der Waals surface area contributed by atoms with Gasteiger partial charge in [0, 0.05) is 18.4 Å². The molecule has 0 saturated heterocycles. The van der Waals surface area contributed by atoms with E-state index in [4.69, 9.17) is 0 Å². The van der Waals surface area contributed by atoms with Crippen molar-refractivity contribution in [2.24, 2.45) is 0 Å². The monoisotopic (exact) mass is 349 g/mol. The van der Waals surface area contributed by atoms with Crippen LogP contribution in [0.1, 0.15) is 35.5 Å². The Morgan fingerprint density at radius 3 is 2.77 bits per heavy atom. The molecule has 0 fully saturated rings. The molecule has 0 spiro atoms. The van der Waals surface area contributed by atoms with E-state index in [1.165, 1.54) is 0 Å². The Hall–Kier alpha value is -2.99. The number of pyridine rings is 1. The summed E-state index contributed by atoms with van der Waals surface area (Å²) < 4.78 is 1.72. The Morgan fingerprint density at radius 2 is 2.04 bits per heavy atom. The normalized spacial score (nSPS) is 10.7. The molecule has 134 valence electrons. The molecule has 0 atom stereocenters.